The van der Waals surface area contributed by atoms with Crippen LogP contribution in [0.5, 0.6) is 0 Å². The third kappa shape index (κ3) is 11.5. The monoisotopic (exact) mass is 478 g/mol. The van der Waals surface area contributed by atoms with E-state index in [1.54, 1.807) is 12.1 Å². The maximum atomic E-state index is 13.0. The van der Waals surface area contributed by atoms with E-state index < -0.39 is 5.97 Å². The van der Waals surface area contributed by atoms with Crippen LogP contribution in [0.25, 0.3) is 11.6 Å². The number of nitrogens with one attached hydrogen (secondary N) is 2. The van der Waals surface area contributed by atoms with Crippen molar-refractivity contribution in [3.63, 3.8) is 0 Å². The van der Waals surface area contributed by atoms with E-state index in [1.807, 2.05) is 48.5 Å². The average molecular weight is 479 g/mol. The molecule has 0 unspecified atom stereocenters. The fourth-order valence-electron chi connectivity index (χ4n) is 3.73. The molecule has 0 saturated carbocycles. The van der Waals surface area contributed by atoms with Crippen LogP contribution in [0.1, 0.15) is 82.3 Å². The van der Waals surface area contributed by atoms with Gasteiger partial charge in [-0.1, -0.05) is 94.3 Å². The van der Waals surface area contributed by atoms with E-state index in [0.717, 1.165) is 24.0 Å². The number of hydrogen-bond donors (Lipinski definition) is 3. The molecule has 0 fully saturated rings. The van der Waals surface area contributed by atoms with Crippen LogP contribution >= 0.6 is 0 Å². The Kier molecular flexibility index (Phi) is 12.9. The second-order valence-corrected chi connectivity index (χ2v) is 8.72. The molecule has 3 N–H and O–H groups in total. The van der Waals surface area contributed by atoms with Crippen LogP contribution in [0.15, 0.2) is 54.6 Å². The Morgan fingerprint density at radius 3 is 2.06 bits per heavy atom. The van der Waals surface area contributed by atoms with Crippen molar-refractivity contribution in [1.29, 1.82) is 0 Å². The third-order valence-corrected chi connectivity index (χ3v) is 5.72. The van der Waals surface area contributed by atoms with E-state index >= 15 is 0 Å². The summed E-state index contributed by atoms with van der Waals surface area (Å²) in [7, 11) is 0. The Labute approximate surface area is 208 Å². The molecule has 0 aliphatic heterocycles. The van der Waals surface area contributed by atoms with E-state index in [9.17, 15) is 14.4 Å². The first kappa shape index (κ1) is 27.8. The van der Waals surface area contributed by atoms with Crippen LogP contribution in [-0.2, 0) is 14.4 Å². The Balaban J connectivity index is 1.94. The Morgan fingerprint density at radius 1 is 0.800 bits per heavy atom. The zero-order valence-electron chi connectivity index (χ0n) is 20.7. The fraction of sp³-hybridized carbons (Fsp3) is 0.414. The van der Waals surface area contributed by atoms with Crippen molar-refractivity contribution >= 4 is 35.1 Å². The normalized spacial score (nSPS) is 11.2. The van der Waals surface area contributed by atoms with Crippen molar-refractivity contribution in [1.82, 2.24) is 5.32 Å². The van der Waals surface area contributed by atoms with Crippen LogP contribution in [-0.4, -0.2) is 29.4 Å². The van der Waals surface area contributed by atoms with Crippen LogP contribution in [0.2, 0.25) is 0 Å². The zero-order valence-corrected chi connectivity index (χ0v) is 20.7. The summed E-state index contributed by atoms with van der Waals surface area (Å²) < 4.78 is 0. The van der Waals surface area contributed by atoms with Gasteiger partial charge in [0.1, 0.15) is 0 Å². The van der Waals surface area contributed by atoms with Crippen LogP contribution < -0.4 is 10.6 Å². The van der Waals surface area contributed by atoms with Gasteiger partial charge in [-0.25, -0.2) is 0 Å². The number of carboxylic acid groups (broad SMARTS) is 1. The summed E-state index contributed by atoms with van der Waals surface area (Å²) in [5, 5.41) is 14.4. The van der Waals surface area contributed by atoms with E-state index in [0.29, 0.717) is 17.8 Å². The summed E-state index contributed by atoms with van der Waals surface area (Å²) in [5.41, 5.74) is 2.84. The molecular weight excluding hydrogens is 440 g/mol. The molecule has 35 heavy (non-hydrogen) atoms. The van der Waals surface area contributed by atoms with Gasteiger partial charge < -0.3 is 15.7 Å². The lowest BCUT2D eigenvalue weighted by atomic mass is 10.0. The van der Waals surface area contributed by atoms with Crippen LogP contribution in [0.3, 0.4) is 0 Å². The number of carbonyl (C=O) groups excluding carboxylic acids is 2. The molecule has 2 aromatic rings. The highest BCUT2D eigenvalue weighted by atomic mass is 16.4. The molecule has 0 bridgehead atoms. The van der Waals surface area contributed by atoms with E-state index in [4.69, 9.17) is 5.11 Å². The van der Waals surface area contributed by atoms with Crippen molar-refractivity contribution in [2.24, 2.45) is 0 Å². The van der Waals surface area contributed by atoms with Crippen molar-refractivity contribution in [2.75, 3.05) is 11.9 Å². The second-order valence-electron chi connectivity index (χ2n) is 8.72. The first-order chi connectivity index (χ1) is 17.0. The molecule has 6 nitrogen and oxygen atoms in total. The molecule has 0 atom stereocenters. The number of hydrogen-bond acceptors (Lipinski definition) is 3. The Morgan fingerprint density at radius 2 is 1.43 bits per heavy atom. The number of rotatable bonds is 16. The predicted octanol–water partition coefficient (Wildman–Crippen LogP) is 6.29. The van der Waals surface area contributed by atoms with Gasteiger partial charge in [0.2, 0.25) is 5.91 Å². The van der Waals surface area contributed by atoms with Crippen molar-refractivity contribution in [3.8, 4) is 0 Å². The summed E-state index contributed by atoms with van der Waals surface area (Å²) >= 11 is 0. The molecule has 2 aromatic carbocycles. The molecule has 188 valence electrons. The van der Waals surface area contributed by atoms with Gasteiger partial charge in [0.15, 0.2) is 0 Å². The summed E-state index contributed by atoms with van der Waals surface area (Å²) in [6.07, 6.45) is 11.3. The molecule has 0 aliphatic rings. The van der Waals surface area contributed by atoms with Crippen molar-refractivity contribution < 1.29 is 19.5 Å². The number of carboxylic acids is 1. The molecule has 0 aliphatic carbocycles. The number of aliphatic carboxylic acids is 1. The lowest BCUT2D eigenvalue weighted by Gasteiger charge is -2.10. The number of unbranched alkanes of at least 4 members (excludes halogenated alkanes) is 7. The average Bonchev–Trinajstić information content (AvgIpc) is 2.86. The van der Waals surface area contributed by atoms with E-state index in [1.165, 1.54) is 38.5 Å². The maximum Gasteiger partial charge on any atom is 0.303 e. The van der Waals surface area contributed by atoms with Crippen LogP contribution in [0.4, 0.5) is 5.69 Å². The third-order valence-electron chi connectivity index (χ3n) is 5.72. The molecule has 2 rings (SSSR count). The smallest absolute Gasteiger partial charge is 0.303 e. The van der Waals surface area contributed by atoms with Gasteiger partial charge in [0.25, 0.3) is 5.91 Å². The largest absolute Gasteiger partial charge is 0.481 e. The van der Waals surface area contributed by atoms with Gasteiger partial charge in [0.05, 0.1) is 6.42 Å². The maximum absolute atomic E-state index is 13.0. The summed E-state index contributed by atoms with van der Waals surface area (Å²) in [4.78, 5) is 35.5. The number of carbonyl (C=O) groups is 3. The molecule has 0 aromatic heterocycles. The standard InChI is InChI=1S/C29H38N2O4/c1-2-3-4-5-6-7-8-12-21-30-29(35)26(24-13-10-9-11-14-24)22-23-15-17-25(18-16-23)31-27(32)19-20-28(33)34/h9-11,13-18,22H,2-8,12,19-21H2,1H3,(H,30,35)(H,31,32)(H,33,34)/b26-22+. The highest BCUT2D eigenvalue weighted by Crippen LogP contribution is 2.20. The van der Waals surface area contributed by atoms with Crippen molar-refractivity contribution in [2.45, 2.75) is 71.1 Å². The predicted molar refractivity (Wildman–Crippen MR) is 142 cm³/mol. The first-order valence-corrected chi connectivity index (χ1v) is 12.7. The topological polar surface area (TPSA) is 95.5 Å². The number of benzene rings is 2. The first-order valence-electron chi connectivity index (χ1n) is 12.7. The molecule has 0 spiro atoms. The minimum absolute atomic E-state index is 0.0752. The lowest BCUT2D eigenvalue weighted by molar-refractivity contribution is -0.138. The molecule has 0 saturated heterocycles. The van der Waals surface area contributed by atoms with Gasteiger partial charge in [-0.3, -0.25) is 14.4 Å². The molecule has 0 radical (unpaired) electrons. The summed E-state index contributed by atoms with van der Waals surface area (Å²) in [5.74, 6) is -1.46. The second kappa shape index (κ2) is 16.3. The molecule has 6 heteroatoms. The van der Waals surface area contributed by atoms with Gasteiger partial charge in [-0.15, -0.1) is 0 Å². The van der Waals surface area contributed by atoms with E-state index in [-0.39, 0.29) is 24.7 Å². The summed E-state index contributed by atoms with van der Waals surface area (Å²) in [6.45, 7) is 2.88. The van der Waals surface area contributed by atoms with Crippen LogP contribution in [0, 0.1) is 0 Å². The van der Waals surface area contributed by atoms with E-state index in [2.05, 4.69) is 17.6 Å². The van der Waals surface area contributed by atoms with Gasteiger partial charge >= 0.3 is 5.97 Å². The highest BCUT2D eigenvalue weighted by molar-refractivity contribution is 6.24. The van der Waals surface area contributed by atoms with Gasteiger partial charge in [-0.05, 0) is 35.8 Å². The highest BCUT2D eigenvalue weighted by Gasteiger charge is 2.12. The minimum atomic E-state index is -1.00. The SMILES string of the molecule is CCCCCCCCCCNC(=O)/C(=C/c1ccc(NC(=O)CCC(=O)O)cc1)c1ccccc1. The fourth-order valence-corrected chi connectivity index (χ4v) is 3.73. The minimum Gasteiger partial charge on any atom is -0.481 e. The number of amides is 2. The molecular formula is C29H38N2O4. The van der Waals surface area contributed by atoms with Gasteiger partial charge in [0, 0.05) is 24.2 Å². The number of anilines is 1. The Bertz CT molecular complexity index is 952. The molecule has 2 amide bonds. The summed E-state index contributed by atoms with van der Waals surface area (Å²) in [6, 6.07) is 16.7. The van der Waals surface area contributed by atoms with Crippen molar-refractivity contribution in [3.05, 3.63) is 65.7 Å². The Hall–Kier alpha value is -3.41. The quantitative estimate of drug-likeness (QED) is 0.150. The lowest BCUT2D eigenvalue weighted by Crippen LogP contribution is -2.25. The zero-order chi connectivity index (χ0) is 25.3. The molecule has 0 heterocycles. The van der Waals surface area contributed by atoms with Gasteiger partial charge in [-0.2, -0.15) is 0 Å².